The molecule has 1 aromatic carbocycles. The van der Waals surface area contributed by atoms with Crippen molar-refractivity contribution in [3.05, 3.63) is 23.4 Å². The average molecular weight is 235 g/mol. The zero-order chi connectivity index (χ0) is 11.5. The molecule has 2 aromatic rings. The molecule has 0 radical (unpaired) electrons. The monoisotopic (exact) mass is 234 g/mol. The normalized spacial score (nSPS) is 10.0. The molecule has 5 nitrogen and oxygen atoms in total. The number of nitrogens with zero attached hydrogens (tertiary/aromatic N) is 2. The van der Waals surface area contributed by atoms with Crippen molar-refractivity contribution in [2.45, 2.75) is 6.42 Å². The van der Waals surface area contributed by atoms with Crippen LogP contribution in [-0.4, -0.2) is 16.1 Å². The van der Waals surface area contributed by atoms with E-state index in [0.717, 1.165) is 10.9 Å². The van der Waals surface area contributed by atoms with Gasteiger partial charge in [0.15, 0.2) is 0 Å². The van der Waals surface area contributed by atoms with Gasteiger partial charge in [-0.05, 0) is 12.1 Å². The Labute approximate surface area is 96.0 Å². The molecular formula is C10H7ClN4O. The lowest BCUT2D eigenvalue weighted by atomic mass is 10.2. The highest BCUT2D eigenvalue weighted by Gasteiger charge is 2.07. The molecule has 0 aliphatic heterocycles. The van der Waals surface area contributed by atoms with E-state index in [9.17, 15) is 4.79 Å². The number of aromatic nitrogens is 2. The van der Waals surface area contributed by atoms with Crippen LogP contribution in [-0.2, 0) is 4.79 Å². The molecule has 1 amide bonds. The molecule has 1 aromatic heterocycles. The van der Waals surface area contributed by atoms with Gasteiger partial charge in [-0.3, -0.25) is 9.89 Å². The molecule has 0 atom stereocenters. The number of H-pyrrole nitrogens is 1. The average Bonchev–Trinajstić information content (AvgIpc) is 2.65. The lowest BCUT2D eigenvalue weighted by molar-refractivity contribution is -0.115. The number of carbonyl (C=O) groups excluding carboxylic acids is 1. The molecule has 0 aliphatic rings. The van der Waals surface area contributed by atoms with Crippen molar-refractivity contribution in [1.82, 2.24) is 10.2 Å². The lowest BCUT2D eigenvalue weighted by Gasteiger charge is -2.05. The van der Waals surface area contributed by atoms with Gasteiger partial charge in [-0.15, -0.1) is 0 Å². The van der Waals surface area contributed by atoms with Crippen molar-refractivity contribution in [3.63, 3.8) is 0 Å². The van der Waals surface area contributed by atoms with E-state index in [4.69, 9.17) is 16.9 Å². The number of anilines is 1. The third-order valence-electron chi connectivity index (χ3n) is 2.04. The van der Waals surface area contributed by atoms with Crippen molar-refractivity contribution in [2.24, 2.45) is 0 Å². The van der Waals surface area contributed by atoms with E-state index < -0.39 is 0 Å². The predicted molar refractivity (Wildman–Crippen MR) is 60.0 cm³/mol. The van der Waals surface area contributed by atoms with Gasteiger partial charge in [-0.1, -0.05) is 11.6 Å². The number of amides is 1. The second kappa shape index (κ2) is 4.21. The standard InChI is InChI=1S/C10H7ClN4O/c11-7-3-6-5-13-15-8(6)4-9(7)14-10(16)1-2-12/h3-5H,1H2,(H,13,15)(H,14,16). The quantitative estimate of drug-likeness (QED) is 0.835. The van der Waals surface area contributed by atoms with Gasteiger partial charge < -0.3 is 5.32 Å². The van der Waals surface area contributed by atoms with E-state index in [1.165, 1.54) is 0 Å². The first-order chi connectivity index (χ1) is 7.70. The number of hydrogen-bond acceptors (Lipinski definition) is 3. The summed E-state index contributed by atoms with van der Waals surface area (Å²) in [4.78, 5) is 11.2. The molecular weight excluding hydrogens is 228 g/mol. The Morgan fingerprint density at radius 3 is 3.19 bits per heavy atom. The summed E-state index contributed by atoms with van der Waals surface area (Å²) >= 11 is 5.97. The Morgan fingerprint density at radius 2 is 2.44 bits per heavy atom. The van der Waals surface area contributed by atoms with E-state index in [1.807, 2.05) is 0 Å². The molecule has 0 fully saturated rings. The van der Waals surface area contributed by atoms with Crippen molar-refractivity contribution < 1.29 is 4.79 Å². The summed E-state index contributed by atoms with van der Waals surface area (Å²) in [6.07, 6.45) is 1.44. The first-order valence-corrected chi connectivity index (χ1v) is 4.88. The molecule has 16 heavy (non-hydrogen) atoms. The van der Waals surface area contributed by atoms with Gasteiger partial charge in [0.2, 0.25) is 5.91 Å². The molecule has 1 heterocycles. The summed E-state index contributed by atoms with van der Waals surface area (Å²) in [5, 5.41) is 18.8. The number of halogens is 1. The molecule has 0 saturated heterocycles. The highest BCUT2D eigenvalue weighted by Crippen LogP contribution is 2.26. The molecule has 2 rings (SSSR count). The van der Waals surface area contributed by atoms with E-state index in [2.05, 4.69) is 15.5 Å². The first-order valence-electron chi connectivity index (χ1n) is 4.50. The molecule has 80 valence electrons. The first kappa shape index (κ1) is 10.5. The van der Waals surface area contributed by atoms with Crippen molar-refractivity contribution in [3.8, 4) is 6.07 Å². The highest BCUT2D eigenvalue weighted by molar-refractivity contribution is 6.34. The van der Waals surface area contributed by atoms with Crippen molar-refractivity contribution >= 4 is 34.1 Å². The Hall–Kier alpha value is -2.06. The van der Waals surface area contributed by atoms with Crippen LogP contribution >= 0.6 is 11.6 Å². The number of nitrogens with one attached hydrogen (secondary N) is 2. The second-order valence-corrected chi connectivity index (χ2v) is 3.58. The fourth-order valence-electron chi connectivity index (χ4n) is 1.33. The van der Waals surface area contributed by atoms with Gasteiger partial charge in [0.05, 0.1) is 28.5 Å². The molecule has 0 bridgehead atoms. The number of fused-ring (bicyclic) bond motifs is 1. The minimum absolute atomic E-state index is 0.197. The van der Waals surface area contributed by atoms with E-state index in [-0.39, 0.29) is 12.3 Å². The highest BCUT2D eigenvalue weighted by atomic mass is 35.5. The van der Waals surface area contributed by atoms with Crippen LogP contribution in [0.15, 0.2) is 18.3 Å². The largest absolute Gasteiger partial charge is 0.324 e. The van der Waals surface area contributed by atoms with Crippen LogP contribution in [0.4, 0.5) is 5.69 Å². The molecule has 0 unspecified atom stereocenters. The second-order valence-electron chi connectivity index (χ2n) is 3.17. The summed E-state index contributed by atoms with van der Waals surface area (Å²) in [7, 11) is 0. The summed E-state index contributed by atoms with van der Waals surface area (Å²) in [6.45, 7) is 0. The summed E-state index contributed by atoms with van der Waals surface area (Å²) in [5.41, 5.74) is 1.25. The van der Waals surface area contributed by atoms with Crippen molar-refractivity contribution in [1.29, 1.82) is 5.26 Å². The topological polar surface area (TPSA) is 81.6 Å². The van der Waals surface area contributed by atoms with E-state index in [1.54, 1.807) is 24.4 Å². The minimum Gasteiger partial charge on any atom is -0.324 e. The Kier molecular flexibility index (Phi) is 2.75. The van der Waals surface area contributed by atoms with E-state index >= 15 is 0 Å². The fourth-order valence-corrected chi connectivity index (χ4v) is 1.54. The smallest absolute Gasteiger partial charge is 0.238 e. The third-order valence-corrected chi connectivity index (χ3v) is 2.35. The summed E-state index contributed by atoms with van der Waals surface area (Å²) in [6, 6.07) is 5.14. The number of hydrogen-bond donors (Lipinski definition) is 2. The molecule has 0 spiro atoms. The number of benzene rings is 1. The Morgan fingerprint density at radius 1 is 1.62 bits per heavy atom. The Bertz CT molecular complexity index is 584. The predicted octanol–water partition coefficient (Wildman–Crippen LogP) is 2.07. The summed E-state index contributed by atoms with van der Waals surface area (Å²) in [5.74, 6) is -0.386. The van der Waals surface area contributed by atoms with Crippen LogP contribution in [0, 0.1) is 11.3 Å². The SMILES string of the molecule is N#CCC(=O)Nc1cc2[nH]ncc2cc1Cl. The van der Waals surface area contributed by atoms with Crippen LogP contribution in [0.25, 0.3) is 10.9 Å². The van der Waals surface area contributed by atoms with Gasteiger partial charge in [0.25, 0.3) is 0 Å². The number of carbonyl (C=O) groups is 1. The molecule has 6 heteroatoms. The van der Waals surface area contributed by atoms with Crippen LogP contribution in [0.2, 0.25) is 5.02 Å². The van der Waals surface area contributed by atoms with Crippen molar-refractivity contribution in [2.75, 3.05) is 5.32 Å². The van der Waals surface area contributed by atoms with Gasteiger partial charge in [0, 0.05) is 5.39 Å². The minimum atomic E-state index is -0.386. The van der Waals surface area contributed by atoms with Crippen LogP contribution in [0.3, 0.4) is 0 Å². The zero-order valence-corrected chi connectivity index (χ0v) is 8.88. The molecule has 0 aliphatic carbocycles. The summed E-state index contributed by atoms with van der Waals surface area (Å²) < 4.78 is 0. The fraction of sp³-hybridized carbons (Fsp3) is 0.100. The maximum Gasteiger partial charge on any atom is 0.238 e. The maximum absolute atomic E-state index is 11.2. The van der Waals surface area contributed by atoms with Crippen LogP contribution in [0.1, 0.15) is 6.42 Å². The molecule has 0 saturated carbocycles. The molecule has 2 N–H and O–H groups in total. The van der Waals surface area contributed by atoms with Gasteiger partial charge in [0.1, 0.15) is 6.42 Å². The van der Waals surface area contributed by atoms with Crippen LogP contribution in [0.5, 0.6) is 0 Å². The Balaban J connectivity index is 2.33. The van der Waals surface area contributed by atoms with E-state index in [0.29, 0.717) is 10.7 Å². The van der Waals surface area contributed by atoms with Gasteiger partial charge in [-0.25, -0.2) is 0 Å². The number of nitriles is 1. The maximum atomic E-state index is 11.2. The van der Waals surface area contributed by atoms with Gasteiger partial charge in [-0.2, -0.15) is 10.4 Å². The van der Waals surface area contributed by atoms with Gasteiger partial charge >= 0.3 is 0 Å². The van der Waals surface area contributed by atoms with Crippen LogP contribution < -0.4 is 5.32 Å². The third kappa shape index (κ3) is 1.97. The number of aromatic amines is 1. The number of rotatable bonds is 2. The zero-order valence-electron chi connectivity index (χ0n) is 8.12. The lowest BCUT2D eigenvalue weighted by Crippen LogP contribution is -2.10.